The highest BCUT2D eigenvalue weighted by Gasteiger charge is 2.10. The minimum Gasteiger partial charge on any atom is -0.388 e. The number of hydrogen-bond donors (Lipinski definition) is 2. The number of anilines is 1. The zero-order valence-corrected chi connectivity index (χ0v) is 27.9. The number of rotatable bonds is 27. The Balaban J connectivity index is 1.49. The third kappa shape index (κ3) is 15.2. The number of H-pyrrole nitrogens is 1. The average Bonchev–Trinajstić information content (AvgIpc) is 3.39. The lowest BCUT2D eigenvalue weighted by atomic mass is 10.0. The highest BCUT2D eigenvalue weighted by atomic mass is 15.1. The molecule has 0 bridgehead atoms. The summed E-state index contributed by atoms with van der Waals surface area (Å²) in [5.41, 5.74) is 7.24. The van der Waals surface area contributed by atoms with Crippen LogP contribution in [-0.4, -0.2) is 18.6 Å². The van der Waals surface area contributed by atoms with Crippen molar-refractivity contribution in [1.82, 2.24) is 10.3 Å². The predicted molar refractivity (Wildman–Crippen MR) is 190 cm³/mol. The lowest BCUT2D eigenvalue weighted by Crippen LogP contribution is -2.16. The fourth-order valence-corrected chi connectivity index (χ4v) is 5.82. The quantitative estimate of drug-likeness (QED) is 0.0820. The second-order valence-corrected chi connectivity index (χ2v) is 12.8. The van der Waals surface area contributed by atoms with Crippen LogP contribution in [0.15, 0.2) is 61.1 Å². The number of hydrogen-bond acceptors (Lipinski definition) is 2. The number of aromatic nitrogens is 1. The van der Waals surface area contributed by atoms with Crippen molar-refractivity contribution >= 4 is 16.6 Å². The van der Waals surface area contributed by atoms with Crippen LogP contribution in [0.3, 0.4) is 0 Å². The van der Waals surface area contributed by atoms with Crippen LogP contribution in [0.5, 0.6) is 0 Å². The number of fused-ring (bicyclic) bond motifs is 1. The van der Waals surface area contributed by atoms with Gasteiger partial charge in [0.25, 0.3) is 0 Å². The van der Waals surface area contributed by atoms with E-state index in [1.54, 1.807) is 0 Å². The molecular formula is C39H65N3. The summed E-state index contributed by atoms with van der Waals surface area (Å²) < 4.78 is 0. The van der Waals surface area contributed by atoms with Gasteiger partial charge in [0.05, 0.1) is 0 Å². The number of aromatic amines is 1. The van der Waals surface area contributed by atoms with E-state index in [4.69, 9.17) is 0 Å². The van der Waals surface area contributed by atoms with Crippen molar-refractivity contribution in [1.29, 1.82) is 0 Å². The molecule has 236 valence electrons. The molecule has 2 rings (SSSR count). The standard InChI is InChI=1S/C39H65N3/c1-7-8-9-10-11-12-13-14-15-16-17-18-19-20-21-22-23-24-34(4)40-30-29-36-32-41-39-28-27-37(31-38(36)39)42(6)35(5)26-25-33(2)3/h27-28,31-32,40-41H,2,4-5,7-26,29-30H2,1,3,6H3. The van der Waals surface area contributed by atoms with Crippen LogP contribution in [0.1, 0.15) is 148 Å². The predicted octanol–water partition coefficient (Wildman–Crippen LogP) is 12.2. The van der Waals surface area contributed by atoms with E-state index in [0.717, 1.165) is 37.9 Å². The summed E-state index contributed by atoms with van der Waals surface area (Å²) in [5.74, 6) is 0. The van der Waals surface area contributed by atoms with Gasteiger partial charge in [-0.25, -0.2) is 0 Å². The van der Waals surface area contributed by atoms with Crippen molar-refractivity contribution < 1.29 is 0 Å². The lowest BCUT2D eigenvalue weighted by molar-refractivity contribution is 0.526. The van der Waals surface area contributed by atoms with E-state index in [0.29, 0.717) is 0 Å². The first-order valence-electron chi connectivity index (χ1n) is 17.5. The molecule has 42 heavy (non-hydrogen) atoms. The van der Waals surface area contributed by atoms with Crippen LogP contribution < -0.4 is 10.2 Å². The van der Waals surface area contributed by atoms with Crippen molar-refractivity contribution in [3.8, 4) is 0 Å². The molecule has 1 aromatic heterocycles. The Morgan fingerprint density at radius 1 is 0.738 bits per heavy atom. The third-order valence-electron chi connectivity index (χ3n) is 8.80. The van der Waals surface area contributed by atoms with E-state index in [-0.39, 0.29) is 0 Å². The van der Waals surface area contributed by atoms with E-state index in [2.05, 4.69) is 80.2 Å². The van der Waals surface area contributed by atoms with E-state index >= 15 is 0 Å². The molecule has 0 fully saturated rings. The van der Waals surface area contributed by atoms with Crippen molar-refractivity contribution in [3.05, 3.63) is 66.7 Å². The molecule has 0 saturated heterocycles. The number of allylic oxidation sites excluding steroid dienone is 3. The molecule has 0 radical (unpaired) electrons. The monoisotopic (exact) mass is 576 g/mol. The highest BCUT2D eigenvalue weighted by Crippen LogP contribution is 2.27. The molecule has 1 heterocycles. The van der Waals surface area contributed by atoms with Gasteiger partial charge >= 0.3 is 0 Å². The summed E-state index contributed by atoms with van der Waals surface area (Å²) in [4.78, 5) is 5.65. The van der Waals surface area contributed by atoms with Gasteiger partial charge in [0.1, 0.15) is 0 Å². The minimum absolute atomic E-state index is 0.927. The summed E-state index contributed by atoms with van der Waals surface area (Å²) in [6, 6.07) is 6.65. The molecule has 0 atom stereocenters. The average molecular weight is 576 g/mol. The molecule has 3 nitrogen and oxygen atoms in total. The summed E-state index contributed by atoms with van der Waals surface area (Å²) in [5, 5.41) is 4.88. The molecule has 0 amide bonds. The Labute approximate surface area is 260 Å². The van der Waals surface area contributed by atoms with Crippen LogP contribution in [-0.2, 0) is 6.42 Å². The number of nitrogens with zero attached hydrogens (tertiary/aromatic N) is 1. The second-order valence-electron chi connectivity index (χ2n) is 12.8. The van der Waals surface area contributed by atoms with E-state index in [1.807, 2.05) is 0 Å². The topological polar surface area (TPSA) is 31.1 Å². The molecular weight excluding hydrogens is 510 g/mol. The minimum atomic E-state index is 0.927. The van der Waals surface area contributed by atoms with Crippen LogP contribution in [0.25, 0.3) is 10.9 Å². The van der Waals surface area contributed by atoms with Crippen molar-refractivity contribution in [3.63, 3.8) is 0 Å². The van der Waals surface area contributed by atoms with Gasteiger partial charge in [-0.2, -0.15) is 0 Å². The Hall–Kier alpha value is -2.42. The van der Waals surface area contributed by atoms with Gasteiger partial charge in [-0.3, -0.25) is 0 Å². The van der Waals surface area contributed by atoms with Crippen molar-refractivity contribution in [2.75, 3.05) is 18.5 Å². The molecule has 0 aliphatic rings. The SMILES string of the molecule is C=C(C)CCC(=C)N(C)c1ccc2[nH]cc(CCNC(=C)CCCCCCCCCCCCCCCCCCC)c2c1. The molecule has 0 aliphatic carbocycles. The lowest BCUT2D eigenvalue weighted by Gasteiger charge is -2.22. The number of unbranched alkanes of at least 4 members (excludes halogenated alkanes) is 16. The molecule has 0 spiro atoms. The summed E-state index contributed by atoms with van der Waals surface area (Å²) in [6.45, 7) is 17.9. The van der Waals surface area contributed by atoms with Gasteiger partial charge in [0.2, 0.25) is 0 Å². The fourth-order valence-electron chi connectivity index (χ4n) is 5.82. The van der Waals surface area contributed by atoms with E-state index in [1.165, 1.54) is 143 Å². The second kappa shape index (κ2) is 22.2. The Morgan fingerprint density at radius 3 is 1.83 bits per heavy atom. The first-order valence-corrected chi connectivity index (χ1v) is 17.5. The van der Waals surface area contributed by atoms with Crippen LogP contribution >= 0.6 is 0 Å². The largest absolute Gasteiger partial charge is 0.388 e. The number of benzene rings is 1. The van der Waals surface area contributed by atoms with Crippen LogP contribution in [0.4, 0.5) is 5.69 Å². The molecule has 3 heteroatoms. The zero-order valence-electron chi connectivity index (χ0n) is 27.9. The van der Waals surface area contributed by atoms with Gasteiger partial charge in [-0.1, -0.05) is 128 Å². The molecule has 0 unspecified atom stereocenters. The Bertz CT molecular complexity index is 1030. The van der Waals surface area contributed by atoms with Gasteiger partial charge in [0.15, 0.2) is 0 Å². The fraction of sp³-hybridized carbons (Fsp3) is 0.641. The summed E-state index contributed by atoms with van der Waals surface area (Å²) in [6.07, 6.45) is 30.2. The van der Waals surface area contributed by atoms with Crippen molar-refractivity contribution in [2.45, 2.75) is 149 Å². The summed E-state index contributed by atoms with van der Waals surface area (Å²) in [7, 11) is 2.11. The highest BCUT2D eigenvalue weighted by molar-refractivity contribution is 5.87. The molecule has 2 aromatic rings. The Kier molecular flexibility index (Phi) is 18.9. The summed E-state index contributed by atoms with van der Waals surface area (Å²) >= 11 is 0. The van der Waals surface area contributed by atoms with Crippen molar-refractivity contribution in [2.24, 2.45) is 0 Å². The van der Waals surface area contributed by atoms with Crippen LogP contribution in [0.2, 0.25) is 0 Å². The third-order valence-corrected chi connectivity index (χ3v) is 8.80. The molecule has 0 aliphatic heterocycles. The van der Waals surface area contributed by atoms with Gasteiger partial charge in [0, 0.05) is 47.8 Å². The zero-order chi connectivity index (χ0) is 30.4. The van der Waals surface area contributed by atoms with E-state index < -0.39 is 0 Å². The van der Waals surface area contributed by atoms with Gasteiger partial charge in [-0.15, -0.1) is 6.58 Å². The van der Waals surface area contributed by atoms with Gasteiger partial charge < -0.3 is 15.2 Å². The first kappa shape index (κ1) is 35.8. The maximum atomic E-state index is 4.29. The molecule has 0 saturated carbocycles. The molecule has 1 aromatic carbocycles. The number of nitrogens with one attached hydrogen (secondary N) is 2. The maximum absolute atomic E-state index is 4.29. The molecule has 2 N–H and O–H groups in total. The van der Waals surface area contributed by atoms with Crippen LogP contribution in [0, 0.1) is 0 Å². The first-order chi connectivity index (χ1) is 20.4. The van der Waals surface area contributed by atoms with E-state index in [9.17, 15) is 0 Å². The Morgan fingerprint density at radius 2 is 1.29 bits per heavy atom. The smallest absolute Gasteiger partial charge is 0.0458 e. The normalized spacial score (nSPS) is 11.2. The van der Waals surface area contributed by atoms with Gasteiger partial charge in [-0.05, 0) is 62.8 Å². The maximum Gasteiger partial charge on any atom is 0.0458 e.